The maximum Gasteiger partial charge on any atom is 0.339 e. The third-order valence-corrected chi connectivity index (χ3v) is 6.54. The molecule has 0 bridgehead atoms. The average Bonchev–Trinajstić information content (AvgIpc) is 2.75. The first-order valence-electron chi connectivity index (χ1n) is 12.2. The van der Waals surface area contributed by atoms with E-state index in [0.717, 1.165) is 48.1 Å². The fraction of sp³-hybridized carbons (Fsp3) is 0.500. The van der Waals surface area contributed by atoms with Gasteiger partial charge in [-0.25, -0.2) is 4.79 Å². The highest BCUT2D eigenvalue weighted by atomic mass is 16.5. The zero-order valence-corrected chi connectivity index (χ0v) is 21.7. The summed E-state index contributed by atoms with van der Waals surface area (Å²) in [4.78, 5) is 13.7. The van der Waals surface area contributed by atoms with Crippen molar-refractivity contribution in [2.75, 3.05) is 7.11 Å². The minimum Gasteiger partial charge on any atom is -0.497 e. The molecule has 3 heteroatoms. The van der Waals surface area contributed by atoms with Crippen molar-refractivity contribution in [1.82, 2.24) is 0 Å². The lowest BCUT2D eigenvalue weighted by Crippen LogP contribution is -2.25. The van der Waals surface area contributed by atoms with Crippen molar-refractivity contribution in [1.29, 1.82) is 0 Å². The number of benzene rings is 2. The lowest BCUT2D eigenvalue weighted by atomic mass is 9.78. The number of hydrogen-bond donors (Lipinski definition) is 0. The van der Waals surface area contributed by atoms with Crippen LogP contribution in [-0.2, 0) is 22.0 Å². The van der Waals surface area contributed by atoms with Crippen LogP contribution < -0.4 is 9.47 Å². The Labute approximate surface area is 200 Å². The van der Waals surface area contributed by atoms with Crippen LogP contribution in [-0.4, -0.2) is 13.1 Å². The molecular formula is C30H40O3. The molecule has 0 saturated carbocycles. The van der Waals surface area contributed by atoms with E-state index in [-0.39, 0.29) is 22.7 Å². The molecule has 1 aliphatic carbocycles. The first-order valence-corrected chi connectivity index (χ1v) is 12.2. The van der Waals surface area contributed by atoms with Gasteiger partial charge in [-0.15, -0.1) is 0 Å². The van der Waals surface area contributed by atoms with Crippen LogP contribution in [0.5, 0.6) is 11.5 Å². The molecule has 178 valence electrons. The number of allylic oxidation sites excluding steroid dienone is 1. The predicted molar refractivity (Wildman–Crippen MR) is 137 cm³/mol. The summed E-state index contributed by atoms with van der Waals surface area (Å²) in [5.41, 5.74) is 4.92. The van der Waals surface area contributed by atoms with E-state index in [1.807, 2.05) is 12.1 Å². The van der Waals surface area contributed by atoms with Crippen molar-refractivity contribution in [2.24, 2.45) is 0 Å². The van der Waals surface area contributed by atoms with E-state index in [2.05, 4.69) is 78.8 Å². The standard InChI is InChI=1S/C30H40O3/c1-9-10-14-23-22-15-12-11-13-20(22)16-17-24(23)28(31)33-27-25(29(2,3)4)18-21(32-8)19-26(27)30(5,6)7/h11-13,15,17-19,23H,9-10,14,16H2,1-8H3. The summed E-state index contributed by atoms with van der Waals surface area (Å²) in [5, 5.41) is 0. The molecule has 3 rings (SSSR count). The number of esters is 1. The molecule has 0 N–H and O–H groups in total. The molecular weight excluding hydrogens is 408 g/mol. The van der Waals surface area contributed by atoms with Gasteiger partial charge in [0.2, 0.25) is 0 Å². The second kappa shape index (κ2) is 9.75. The van der Waals surface area contributed by atoms with Crippen molar-refractivity contribution in [2.45, 2.75) is 90.9 Å². The molecule has 0 saturated heterocycles. The highest BCUT2D eigenvalue weighted by molar-refractivity contribution is 5.93. The smallest absolute Gasteiger partial charge is 0.339 e. The van der Waals surface area contributed by atoms with Gasteiger partial charge in [0.05, 0.1) is 7.11 Å². The lowest BCUT2D eigenvalue weighted by molar-refractivity contribution is -0.130. The van der Waals surface area contributed by atoms with Crippen LogP contribution in [0.4, 0.5) is 0 Å². The summed E-state index contributed by atoms with van der Waals surface area (Å²) in [6.07, 6.45) is 5.98. The van der Waals surface area contributed by atoms with Crippen LogP contribution in [0.2, 0.25) is 0 Å². The van der Waals surface area contributed by atoms with Gasteiger partial charge in [0.1, 0.15) is 11.5 Å². The number of unbranched alkanes of at least 4 members (excludes halogenated alkanes) is 1. The number of carbonyl (C=O) groups is 1. The Hall–Kier alpha value is -2.55. The average molecular weight is 449 g/mol. The van der Waals surface area contributed by atoms with Crippen LogP contribution in [0.25, 0.3) is 0 Å². The summed E-state index contributed by atoms with van der Waals surface area (Å²) >= 11 is 0. The Balaban J connectivity index is 2.07. The number of fused-ring (bicyclic) bond motifs is 1. The summed E-state index contributed by atoms with van der Waals surface area (Å²) < 4.78 is 11.9. The van der Waals surface area contributed by atoms with E-state index in [4.69, 9.17) is 9.47 Å². The fourth-order valence-corrected chi connectivity index (χ4v) is 4.63. The van der Waals surface area contributed by atoms with Gasteiger partial charge in [-0.2, -0.15) is 0 Å². The zero-order valence-electron chi connectivity index (χ0n) is 21.7. The normalized spacial score (nSPS) is 16.1. The molecule has 2 aromatic rings. The van der Waals surface area contributed by atoms with Crippen LogP contribution in [0.15, 0.2) is 48.0 Å². The van der Waals surface area contributed by atoms with Crippen LogP contribution in [0, 0.1) is 0 Å². The molecule has 0 heterocycles. The van der Waals surface area contributed by atoms with E-state index in [1.165, 1.54) is 11.1 Å². The lowest BCUT2D eigenvalue weighted by Gasteiger charge is -2.31. The molecule has 0 amide bonds. The number of rotatable bonds is 6. The van der Waals surface area contributed by atoms with Crippen molar-refractivity contribution in [3.8, 4) is 11.5 Å². The highest BCUT2D eigenvalue weighted by Crippen LogP contribution is 2.44. The van der Waals surface area contributed by atoms with Gasteiger partial charge in [-0.1, -0.05) is 91.6 Å². The van der Waals surface area contributed by atoms with Gasteiger partial charge < -0.3 is 9.47 Å². The van der Waals surface area contributed by atoms with Crippen LogP contribution >= 0.6 is 0 Å². The van der Waals surface area contributed by atoms with Gasteiger partial charge in [-0.3, -0.25) is 0 Å². The fourth-order valence-electron chi connectivity index (χ4n) is 4.63. The Morgan fingerprint density at radius 2 is 1.61 bits per heavy atom. The topological polar surface area (TPSA) is 35.5 Å². The molecule has 0 radical (unpaired) electrons. The summed E-state index contributed by atoms with van der Waals surface area (Å²) in [7, 11) is 1.68. The molecule has 0 spiro atoms. The molecule has 1 unspecified atom stereocenters. The molecule has 3 nitrogen and oxygen atoms in total. The van der Waals surface area contributed by atoms with Gasteiger partial charge >= 0.3 is 5.97 Å². The maximum absolute atomic E-state index is 13.7. The molecule has 1 atom stereocenters. The minimum absolute atomic E-state index is 0.0804. The molecule has 0 fully saturated rings. The SMILES string of the molecule is CCCCC1C(C(=O)Oc2c(C(C)(C)C)cc(OC)cc2C(C)(C)C)=CCc2ccccc21. The number of methoxy groups -OCH3 is 1. The third kappa shape index (κ3) is 5.51. The monoisotopic (exact) mass is 448 g/mol. The second-order valence-electron chi connectivity index (χ2n) is 11.2. The molecule has 0 aliphatic heterocycles. The van der Waals surface area contributed by atoms with Gasteiger partial charge in [-0.05, 0) is 46.9 Å². The maximum atomic E-state index is 13.7. The number of hydrogen-bond acceptors (Lipinski definition) is 3. The summed E-state index contributed by atoms with van der Waals surface area (Å²) in [5.74, 6) is 1.31. The van der Waals surface area contributed by atoms with Crippen molar-refractivity contribution < 1.29 is 14.3 Å². The second-order valence-corrected chi connectivity index (χ2v) is 11.2. The molecule has 1 aliphatic rings. The molecule has 33 heavy (non-hydrogen) atoms. The minimum atomic E-state index is -0.230. The van der Waals surface area contributed by atoms with Crippen LogP contribution in [0.1, 0.15) is 95.9 Å². The Morgan fingerprint density at radius 1 is 1.00 bits per heavy atom. The van der Waals surface area contributed by atoms with E-state index < -0.39 is 0 Å². The summed E-state index contributed by atoms with van der Waals surface area (Å²) in [6.45, 7) is 15.1. The third-order valence-electron chi connectivity index (χ3n) is 6.54. The molecule has 0 aromatic heterocycles. The van der Waals surface area contributed by atoms with E-state index in [0.29, 0.717) is 5.75 Å². The van der Waals surface area contributed by atoms with E-state index >= 15 is 0 Å². The largest absolute Gasteiger partial charge is 0.497 e. The van der Waals surface area contributed by atoms with E-state index in [1.54, 1.807) is 7.11 Å². The van der Waals surface area contributed by atoms with Crippen LogP contribution in [0.3, 0.4) is 0 Å². The highest BCUT2D eigenvalue weighted by Gasteiger charge is 2.33. The Kier molecular flexibility index (Phi) is 7.41. The van der Waals surface area contributed by atoms with Crippen molar-refractivity contribution >= 4 is 5.97 Å². The Bertz CT molecular complexity index is 996. The van der Waals surface area contributed by atoms with Crippen molar-refractivity contribution in [3.63, 3.8) is 0 Å². The van der Waals surface area contributed by atoms with Gasteiger partial charge in [0.15, 0.2) is 0 Å². The zero-order chi connectivity index (χ0) is 24.4. The first kappa shape index (κ1) is 25.1. The number of carbonyl (C=O) groups excluding carboxylic acids is 1. The predicted octanol–water partition coefficient (Wildman–Crippen LogP) is 7.65. The molecule has 2 aromatic carbocycles. The first-order chi connectivity index (χ1) is 15.5. The number of ether oxygens (including phenoxy) is 2. The summed E-state index contributed by atoms with van der Waals surface area (Å²) in [6, 6.07) is 12.5. The van der Waals surface area contributed by atoms with Gasteiger partial charge in [0.25, 0.3) is 0 Å². The van der Waals surface area contributed by atoms with Crippen molar-refractivity contribution in [3.05, 3.63) is 70.3 Å². The van der Waals surface area contributed by atoms with Gasteiger partial charge in [0, 0.05) is 22.6 Å². The Morgan fingerprint density at radius 3 is 2.15 bits per heavy atom. The quantitative estimate of drug-likeness (QED) is 0.336. The van der Waals surface area contributed by atoms with E-state index in [9.17, 15) is 4.79 Å².